The van der Waals surface area contributed by atoms with Gasteiger partial charge in [-0.25, -0.2) is 0 Å². The second-order valence-electron chi connectivity index (χ2n) is 2.46. The highest BCUT2D eigenvalue weighted by molar-refractivity contribution is 5.12. The van der Waals surface area contributed by atoms with Crippen molar-refractivity contribution in [3.8, 4) is 0 Å². The molecule has 0 amide bonds. The van der Waals surface area contributed by atoms with Gasteiger partial charge in [0, 0.05) is 12.2 Å². The van der Waals surface area contributed by atoms with E-state index in [2.05, 4.69) is 4.98 Å². The minimum atomic E-state index is -0.630. The van der Waals surface area contributed by atoms with E-state index in [-0.39, 0.29) is 6.54 Å². The van der Waals surface area contributed by atoms with E-state index in [0.29, 0.717) is 5.69 Å². The summed E-state index contributed by atoms with van der Waals surface area (Å²) in [7, 11) is 0. The first kappa shape index (κ1) is 8.17. The van der Waals surface area contributed by atoms with Crippen molar-refractivity contribution in [2.45, 2.75) is 13.0 Å². The molecule has 3 N–H and O–H groups in total. The van der Waals surface area contributed by atoms with Gasteiger partial charge in [-0.05, 0) is 19.1 Å². The highest BCUT2D eigenvalue weighted by atomic mass is 16.3. The number of hydrogen-bond donors (Lipinski definition) is 2. The largest absolute Gasteiger partial charge is 0.385 e. The standard InChI is InChI=1S/C8H12N2O/c1-6-3-2-4-7(10-6)8(11)5-9/h2-4,8,11H,5,9H2,1H3/t8-/m1/s1. The molecule has 3 nitrogen and oxygen atoms in total. The number of aryl methyl sites for hydroxylation is 1. The predicted octanol–water partition coefficient (Wildman–Crippen LogP) is 0.382. The summed E-state index contributed by atoms with van der Waals surface area (Å²) in [6.45, 7) is 2.10. The summed E-state index contributed by atoms with van der Waals surface area (Å²) in [5, 5.41) is 9.27. The summed E-state index contributed by atoms with van der Waals surface area (Å²) >= 11 is 0. The Morgan fingerprint density at radius 2 is 2.36 bits per heavy atom. The molecule has 0 aliphatic carbocycles. The van der Waals surface area contributed by atoms with Gasteiger partial charge in [0.1, 0.15) is 6.10 Å². The number of aliphatic hydroxyl groups excluding tert-OH is 1. The van der Waals surface area contributed by atoms with E-state index in [9.17, 15) is 5.11 Å². The van der Waals surface area contributed by atoms with E-state index in [1.54, 1.807) is 6.07 Å². The molecule has 0 unspecified atom stereocenters. The summed E-state index contributed by atoms with van der Waals surface area (Å²) in [6, 6.07) is 5.51. The van der Waals surface area contributed by atoms with Crippen molar-refractivity contribution in [2.75, 3.05) is 6.54 Å². The highest BCUT2D eigenvalue weighted by Gasteiger charge is 2.04. The first-order valence-corrected chi connectivity index (χ1v) is 3.55. The number of aliphatic hydroxyl groups is 1. The molecule has 0 aliphatic rings. The molecule has 0 aliphatic heterocycles. The molecule has 1 atom stereocenters. The van der Waals surface area contributed by atoms with Gasteiger partial charge in [0.25, 0.3) is 0 Å². The van der Waals surface area contributed by atoms with Crippen LogP contribution in [0.3, 0.4) is 0 Å². The van der Waals surface area contributed by atoms with E-state index >= 15 is 0 Å². The molecule has 11 heavy (non-hydrogen) atoms. The number of nitrogens with zero attached hydrogens (tertiary/aromatic N) is 1. The normalized spacial score (nSPS) is 13.0. The minimum Gasteiger partial charge on any atom is -0.385 e. The summed E-state index contributed by atoms with van der Waals surface area (Å²) in [5.74, 6) is 0. The fourth-order valence-electron chi connectivity index (χ4n) is 0.870. The van der Waals surface area contributed by atoms with E-state index in [0.717, 1.165) is 5.69 Å². The molecule has 0 aromatic carbocycles. The molecule has 60 valence electrons. The van der Waals surface area contributed by atoms with Crippen LogP contribution in [0.25, 0.3) is 0 Å². The Labute approximate surface area is 65.9 Å². The zero-order chi connectivity index (χ0) is 8.27. The van der Waals surface area contributed by atoms with Crippen LogP contribution in [0.2, 0.25) is 0 Å². The Morgan fingerprint density at radius 3 is 2.91 bits per heavy atom. The molecule has 1 aromatic rings. The van der Waals surface area contributed by atoms with Crippen LogP contribution in [0, 0.1) is 6.92 Å². The Hall–Kier alpha value is -0.930. The summed E-state index contributed by atoms with van der Waals surface area (Å²) < 4.78 is 0. The van der Waals surface area contributed by atoms with Crippen LogP contribution in [0.4, 0.5) is 0 Å². The van der Waals surface area contributed by atoms with Crippen molar-refractivity contribution in [1.82, 2.24) is 4.98 Å². The second-order valence-corrected chi connectivity index (χ2v) is 2.46. The van der Waals surface area contributed by atoms with Gasteiger partial charge in [-0.2, -0.15) is 0 Å². The zero-order valence-electron chi connectivity index (χ0n) is 6.49. The van der Waals surface area contributed by atoms with Crippen LogP contribution in [-0.4, -0.2) is 16.6 Å². The number of hydrogen-bond acceptors (Lipinski definition) is 3. The number of pyridine rings is 1. The maximum atomic E-state index is 9.27. The average Bonchev–Trinajstić information content (AvgIpc) is 2.03. The van der Waals surface area contributed by atoms with Gasteiger partial charge in [-0.1, -0.05) is 6.07 Å². The molecule has 0 saturated heterocycles. The Kier molecular flexibility index (Phi) is 2.57. The quantitative estimate of drug-likeness (QED) is 0.644. The van der Waals surface area contributed by atoms with Crippen LogP contribution < -0.4 is 5.73 Å². The zero-order valence-corrected chi connectivity index (χ0v) is 6.49. The van der Waals surface area contributed by atoms with Crippen LogP contribution >= 0.6 is 0 Å². The van der Waals surface area contributed by atoms with E-state index in [1.807, 2.05) is 19.1 Å². The van der Waals surface area contributed by atoms with E-state index in [1.165, 1.54) is 0 Å². The van der Waals surface area contributed by atoms with Gasteiger partial charge in [0.15, 0.2) is 0 Å². The Bertz CT molecular complexity index is 237. The monoisotopic (exact) mass is 152 g/mol. The van der Waals surface area contributed by atoms with Crippen molar-refractivity contribution in [3.05, 3.63) is 29.6 Å². The summed E-state index contributed by atoms with van der Waals surface area (Å²) in [6.07, 6.45) is -0.630. The number of aromatic nitrogens is 1. The Balaban J connectivity index is 2.86. The second kappa shape index (κ2) is 3.46. The van der Waals surface area contributed by atoms with Gasteiger partial charge in [0.05, 0.1) is 5.69 Å². The van der Waals surface area contributed by atoms with E-state index < -0.39 is 6.10 Å². The number of rotatable bonds is 2. The molecular formula is C8H12N2O. The lowest BCUT2D eigenvalue weighted by Gasteiger charge is -2.06. The van der Waals surface area contributed by atoms with Crippen LogP contribution in [0.1, 0.15) is 17.5 Å². The predicted molar refractivity (Wildman–Crippen MR) is 43.0 cm³/mol. The molecule has 0 bridgehead atoms. The molecule has 1 aromatic heterocycles. The van der Waals surface area contributed by atoms with Crippen LogP contribution in [-0.2, 0) is 0 Å². The molecule has 3 heteroatoms. The van der Waals surface area contributed by atoms with Gasteiger partial charge >= 0.3 is 0 Å². The fraction of sp³-hybridized carbons (Fsp3) is 0.375. The van der Waals surface area contributed by atoms with Crippen molar-refractivity contribution >= 4 is 0 Å². The van der Waals surface area contributed by atoms with Gasteiger partial charge < -0.3 is 10.8 Å². The average molecular weight is 152 g/mol. The molecule has 0 fully saturated rings. The number of nitrogens with two attached hydrogens (primary N) is 1. The maximum absolute atomic E-state index is 9.27. The molecule has 1 rings (SSSR count). The summed E-state index contributed by atoms with van der Waals surface area (Å²) in [5.41, 5.74) is 6.81. The van der Waals surface area contributed by atoms with Gasteiger partial charge in [0.2, 0.25) is 0 Å². The fourth-order valence-corrected chi connectivity index (χ4v) is 0.870. The van der Waals surface area contributed by atoms with Crippen molar-refractivity contribution in [1.29, 1.82) is 0 Å². The van der Waals surface area contributed by atoms with Crippen molar-refractivity contribution in [3.63, 3.8) is 0 Å². The third-order valence-electron chi connectivity index (χ3n) is 1.47. The van der Waals surface area contributed by atoms with Gasteiger partial charge in [-0.15, -0.1) is 0 Å². The molecule has 0 saturated carbocycles. The maximum Gasteiger partial charge on any atom is 0.108 e. The van der Waals surface area contributed by atoms with Gasteiger partial charge in [-0.3, -0.25) is 4.98 Å². The summed E-state index contributed by atoms with van der Waals surface area (Å²) in [4.78, 5) is 4.11. The molecule has 0 radical (unpaired) electrons. The lowest BCUT2D eigenvalue weighted by molar-refractivity contribution is 0.181. The van der Waals surface area contributed by atoms with Crippen molar-refractivity contribution < 1.29 is 5.11 Å². The third kappa shape index (κ3) is 2.00. The van der Waals surface area contributed by atoms with Crippen molar-refractivity contribution in [2.24, 2.45) is 5.73 Å². The first-order valence-electron chi connectivity index (χ1n) is 3.55. The Morgan fingerprint density at radius 1 is 1.64 bits per heavy atom. The molecular weight excluding hydrogens is 140 g/mol. The molecule has 0 spiro atoms. The third-order valence-corrected chi connectivity index (χ3v) is 1.47. The first-order chi connectivity index (χ1) is 5.24. The lowest BCUT2D eigenvalue weighted by atomic mass is 10.2. The van der Waals surface area contributed by atoms with Crippen LogP contribution in [0.5, 0.6) is 0 Å². The lowest BCUT2D eigenvalue weighted by Crippen LogP contribution is -2.13. The molecule has 1 heterocycles. The van der Waals surface area contributed by atoms with Crippen LogP contribution in [0.15, 0.2) is 18.2 Å². The SMILES string of the molecule is Cc1cccc([C@H](O)CN)n1. The smallest absolute Gasteiger partial charge is 0.108 e. The topological polar surface area (TPSA) is 59.1 Å². The minimum absolute atomic E-state index is 0.219. The van der Waals surface area contributed by atoms with E-state index in [4.69, 9.17) is 5.73 Å². The highest BCUT2D eigenvalue weighted by Crippen LogP contribution is 2.07.